The fourth-order valence-electron chi connectivity index (χ4n) is 3.78. The van der Waals surface area contributed by atoms with Gasteiger partial charge in [0.25, 0.3) is 0 Å². The van der Waals surface area contributed by atoms with Gasteiger partial charge in [-0.3, -0.25) is 0 Å². The molecular formula is C26H21BClFN6O. The number of aromatic nitrogens is 3. The van der Waals surface area contributed by atoms with E-state index in [4.69, 9.17) is 16.6 Å². The number of hydrogen-bond acceptors (Lipinski definition) is 4. The molecule has 0 bridgehead atoms. The van der Waals surface area contributed by atoms with Crippen LogP contribution in [0, 0.1) is 5.82 Å². The molecule has 0 radical (unpaired) electrons. The first-order chi connectivity index (χ1) is 17.5. The fraction of sp³-hybridized carbons (Fsp3) is 0.0385. The van der Waals surface area contributed by atoms with Crippen LogP contribution in [0.2, 0.25) is 5.02 Å². The van der Waals surface area contributed by atoms with Crippen LogP contribution in [-0.2, 0) is 6.54 Å². The third-order valence-corrected chi connectivity index (χ3v) is 5.89. The number of nitrogens with one attached hydrogen (secondary N) is 3. The van der Waals surface area contributed by atoms with Crippen LogP contribution in [0.4, 0.5) is 26.4 Å². The molecule has 0 aliphatic carbocycles. The van der Waals surface area contributed by atoms with Crippen LogP contribution in [0.15, 0.2) is 85.1 Å². The Morgan fingerprint density at radius 3 is 2.56 bits per heavy atom. The molecule has 178 valence electrons. The van der Waals surface area contributed by atoms with Crippen LogP contribution in [-0.4, -0.2) is 28.5 Å². The number of benzene rings is 3. The van der Waals surface area contributed by atoms with E-state index in [0.717, 1.165) is 33.7 Å². The van der Waals surface area contributed by atoms with Crippen molar-refractivity contribution in [3.8, 4) is 11.3 Å². The monoisotopic (exact) mass is 498 g/mol. The number of halogens is 2. The van der Waals surface area contributed by atoms with Crippen molar-refractivity contribution in [2.24, 2.45) is 0 Å². The lowest BCUT2D eigenvalue weighted by molar-refractivity contribution is 0.262. The van der Waals surface area contributed by atoms with Crippen LogP contribution >= 0.6 is 11.6 Å². The van der Waals surface area contributed by atoms with Gasteiger partial charge in [0.15, 0.2) is 5.65 Å². The van der Waals surface area contributed by atoms with Crippen LogP contribution < -0.4 is 21.4 Å². The van der Waals surface area contributed by atoms with Crippen molar-refractivity contribution in [3.05, 3.63) is 101 Å². The second kappa shape index (κ2) is 10.1. The normalized spacial score (nSPS) is 10.8. The van der Waals surface area contributed by atoms with E-state index in [1.165, 1.54) is 24.3 Å². The van der Waals surface area contributed by atoms with Gasteiger partial charge in [0.2, 0.25) is 0 Å². The fourth-order valence-corrected chi connectivity index (χ4v) is 4.02. The molecule has 2 aromatic heterocycles. The van der Waals surface area contributed by atoms with E-state index < -0.39 is 6.03 Å². The van der Waals surface area contributed by atoms with Gasteiger partial charge in [0, 0.05) is 40.8 Å². The Labute approximate surface area is 212 Å². The van der Waals surface area contributed by atoms with Gasteiger partial charge in [-0.2, -0.15) is 9.61 Å². The minimum absolute atomic E-state index is 0.364. The van der Waals surface area contributed by atoms with E-state index >= 15 is 0 Å². The average molecular weight is 499 g/mol. The third-order valence-electron chi connectivity index (χ3n) is 5.56. The van der Waals surface area contributed by atoms with Crippen LogP contribution in [0.3, 0.4) is 0 Å². The molecule has 10 heteroatoms. The average Bonchev–Trinajstić information content (AvgIpc) is 3.25. The zero-order valence-corrected chi connectivity index (χ0v) is 20.1. The summed E-state index contributed by atoms with van der Waals surface area (Å²) in [4.78, 5) is 17.1. The van der Waals surface area contributed by atoms with Crippen LogP contribution in [0.5, 0.6) is 0 Å². The molecule has 36 heavy (non-hydrogen) atoms. The van der Waals surface area contributed by atoms with Gasteiger partial charge in [0.05, 0.1) is 5.69 Å². The number of hydrogen-bond donors (Lipinski definition) is 3. The predicted octanol–water partition coefficient (Wildman–Crippen LogP) is 4.70. The van der Waals surface area contributed by atoms with Gasteiger partial charge < -0.3 is 16.0 Å². The van der Waals surface area contributed by atoms with E-state index in [9.17, 15) is 9.18 Å². The molecule has 7 nitrogen and oxygen atoms in total. The Kier molecular flexibility index (Phi) is 6.55. The number of rotatable bonds is 6. The molecule has 0 saturated heterocycles. The molecule has 2 amide bonds. The minimum atomic E-state index is -0.418. The Morgan fingerprint density at radius 2 is 1.75 bits per heavy atom. The maximum atomic E-state index is 13.1. The molecule has 5 aromatic rings. The molecular weight excluding hydrogens is 478 g/mol. The minimum Gasteiger partial charge on any atom is -0.366 e. The molecule has 0 fully saturated rings. The van der Waals surface area contributed by atoms with Crippen molar-refractivity contribution in [1.82, 2.24) is 14.6 Å². The maximum absolute atomic E-state index is 13.1. The highest BCUT2D eigenvalue weighted by Crippen LogP contribution is 2.28. The molecule has 0 spiro atoms. The second-order valence-electron chi connectivity index (χ2n) is 8.21. The molecule has 3 N–H and O–H groups in total. The summed E-state index contributed by atoms with van der Waals surface area (Å²) >= 11 is 6.43. The van der Waals surface area contributed by atoms with E-state index in [2.05, 4.69) is 21.0 Å². The molecule has 3 aromatic carbocycles. The Hall–Kier alpha value is -4.37. The molecule has 0 aliphatic rings. The summed E-state index contributed by atoms with van der Waals surface area (Å²) in [5.41, 5.74) is 5.34. The molecule has 2 heterocycles. The molecule has 0 unspecified atom stereocenters. The molecule has 0 atom stereocenters. The largest absolute Gasteiger partial charge is 0.366 e. The first-order valence-electron chi connectivity index (χ1n) is 11.2. The van der Waals surface area contributed by atoms with Crippen molar-refractivity contribution in [1.29, 1.82) is 0 Å². The summed E-state index contributed by atoms with van der Waals surface area (Å²) in [6.07, 6.45) is 1.77. The van der Waals surface area contributed by atoms with E-state index in [1.54, 1.807) is 16.8 Å². The van der Waals surface area contributed by atoms with Gasteiger partial charge in [0.1, 0.15) is 19.5 Å². The number of carbonyl (C=O) groups excluding carboxylic acids is 1. The van der Waals surface area contributed by atoms with Crippen LogP contribution in [0.1, 0.15) is 5.56 Å². The topological polar surface area (TPSA) is 83.3 Å². The SMILES string of the molecule is Bc1cnn2c(NCc3cccc(NC(=O)Nc4ccc(F)cc4)c3)cc(-c3ccccc3Cl)nc12. The van der Waals surface area contributed by atoms with E-state index in [1.807, 2.05) is 56.4 Å². The number of anilines is 3. The molecule has 0 saturated carbocycles. The number of carbonyl (C=O) groups is 1. The number of amides is 2. The zero-order chi connectivity index (χ0) is 25.1. The summed E-state index contributed by atoms with van der Waals surface area (Å²) in [5, 5.41) is 14.0. The number of urea groups is 1. The quantitative estimate of drug-likeness (QED) is 0.296. The summed E-state index contributed by atoms with van der Waals surface area (Å²) < 4.78 is 14.8. The Balaban J connectivity index is 1.33. The summed E-state index contributed by atoms with van der Waals surface area (Å²) in [5.74, 6) is 0.396. The van der Waals surface area contributed by atoms with Gasteiger partial charge >= 0.3 is 6.03 Å². The van der Waals surface area contributed by atoms with E-state index in [-0.39, 0.29) is 5.82 Å². The lowest BCUT2D eigenvalue weighted by Gasteiger charge is -2.13. The second-order valence-corrected chi connectivity index (χ2v) is 8.62. The first kappa shape index (κ1) is 23.4. The molecule has 5 rings (SSSR count). The van der Waals surface area contributed by atoms with Crippen molar-refractivity contribution >= 4 is 53.8 Å². The lowest BCUT2D eigenvalue weighted by Crippen LogP contribution is -2.19. The van der Waals surface area contributed by atoms with Gasteiger partial charge in [-0.25, -0.2) is 14.2 Å². The first-order valence-corrected chi connectivity index (χ1v) is 11.6. The summed E-state index contributed by atoms with van der Waals surface area (Å²) in [6.45, 7) is 0.481. The molecule has 0 aliphatic heterocycles. The van der Waals surface area contributed by atoms with Crippen molar-refractivity contribution in [3.63, 3.8) is 0 Å². The van der Waals surface area contributed by atoms with E-state index in [0.29, 0.717) is 22.9 Å². The third kappa shape index (κ3) is 5.16. The lowest BCUT2D eigenvalue weighted by atomic mass is 10.0. The number of fused-ring (bicyclic) bond motifs is 1. The van der Waals surface area contributed by atoms with Crippen molar-refractivity contribution in [2.75, 3.05) is 16.0 Å². The number of nitrogens with zero attached hydrogens (tertiary/aromatic N) is 3. The van der Waals surface area contributed by atoms with Crippen molar-refractivity contribution < 1.29 is 9.18 Å². The Morgan fingerprint density at radius 1 is 0.972 bits per heavy atom. The Bertz CT molecular complexity index is 1560. The maximum Gasteiger partial charge on any atom is 0.323 e. The smallest absolute Gasteiger partial charge is 0.323 e. The van der Waals surface area contributed by atoms with Gasteiger partial charge in [-0.05, 0) is 53.5 Å². The zero-order valence-electron chi connectivity index (χ0n) is 19.3. The highest BCUT2D eigenvalue weighted by atomic mass is 35.5. The summed E-state index contributed by atoms with van der Waals surface area (Å²) in [6, 6.07) is 22.1. The van der Waals surface area contributed by atoms with Crippen molar-refractivity contribution in [2.45, 2.75) is 6.54 Å². The van der Waals surface area contributed by atoms with Gasteiger partial charge in [-0.1, -0.05) is 41.9 Å². The highest BCUT2D eigenvalue weighted by molar-refractivity contribution is 6.36. The highest BCUT2D eigenvalue weighted by Gasteiger charge is 2.13. The van der Waals surface area contributed by atoms with Crippen LogP contribution in [0.25, 0.3) is 16.9 Å². The summed E-state index contributed by atoms with van der Waals surface area (Å²) in [7, 11) is 1.96. The predicted molar refractivity (Wildman–Crippen MR) is 144 cm³/mol. The standard InChI is InChI=1S/C26H21BClFN6O/c27-21-15-31-35-24(13-23(34-25(21)35)20-6-1-2-7-22(20)28)30-14-16-4-3-5-19(12-16)33-26(36)32-18-10-8-17(29)9-11-18/h1-13,15,30H,14,27H2,(H2,32,33,36). The van der Waals surface area contributed by atoms with Gasteiger partial charge in [-0.15, -0.1) is 0 Å².